The number of Topliss-reactive ketones (excluding diaryl/α,β-unsaturated/α-hetero) is 3. The zero-order chi connectivity index (χ0) is 20.1. The predicted molar refractivity (Wildman–Crippen MR) is 98.7 cm³/mol. The van der Waals surface area contributed by atoms with E-state index in [0.717, 1.165) is 5.57 Å². The molecule has 0 heterocycles. The quantitative estimate of drug-likeness (QED) is 0.248. The second-order valence-corrected chi connectivity index (χ2v) is 6.34. The molecule has 0 saturated carbocycles. The van der Waals surface area contributed by atoms with Gasteiger partial charge in [-0.3, -0.25) is 20.2 Å². The summed E-state index contributed by atoms with van der Waals surface area (Å²) in [5.41, 5.74) is 3.53. The van der Waals surface area contributed by atoms with E-state index < -0.39 is 23.6 Å². The van der Waals surface area contributed by atoms with Crippen LogP contribution in [0.1, 0.15) is 54.3 Å². The number of ether oxygens (including phenoxy) is 1. The van der Waals surface area contributed by atoms with Gasteiger partial charge in [-0.25, -0.2) is 10.2 Å². The number of hydrogen-bond acceptors (Lipinski definition) is 7. The standard InChI is InChI=1S/C20H22N2O5/c1-4-15(23)16(22-21)20(26)27-19-14(10-9-11(2)3)17(24)12-7-5-6-8-13(12)18(19)25/h5-9,16,22H,4,10,21H2,1-3H3. The molecular weight excluding hydrogens is 348 g/mol. The van der Waals surface area contributed by atoms with Gasteiger partial charge in [-0.05, 0) is 20.3 Å². The molecule has 0 amide bonds. The minimum atomic E-state index is -1.41. The number of hydrogen-bond donors (Lipinski definition) is 2. The molecule has 0 aliphatic heterocycles. The Morgan fingerprint density at radius 1 is 1.15 bits per heavy atom. The summed E-state index contributed by atoms with van der Waals surface area (Å²) in [5, 5.41) is 0. The molecule has 7 nitrogen and oxygen atoms in total. The molecule has 0 fully saturated rings. The topological polar surface area (TPSA) is 116 Å². The Balaban J connectivity index is 2.49. The van der Waals surface area contributed by atoms with E-state index in [0.29, 0.717) is 0 Å². The van der Waals surface area contributed by atoms with Crippen LogP contribution in [0.5, 0.6) is 0 Å². The highest BCUT2D eigenvalue weighted by Gasteiger charge is 2.36. The summed E-state index contributed by atoms with van der Waals surface area (Å²) in [6, 6.07) is 4.93. The highest BCUT2D eigenvalue weighted by molar-refractivity contribution is 6.26. The third kappa shape index (κ3) is 4.27. The smallest absolute Gasteiger partial charge is 0.337 e. The van der Waals surface area contributed by atoms with Crippen LogP contribution in [0.15, 0.2) is 47.2 Å². The van der Waals surface area contributed by atoms with E-state index in [1.807, 2.05) is 13.8 Å². The molecule has 0 bridgehead atoms. The monoisotopic (exact) mass is 370 g/mol. The molecule has 3 N–H and O–H groups in total. The summed E-state index contributed by atoms with van der Waals surface area (Å²) >= 11 is 0. The van der Waals surface area contributed by atoms with Crippen molar-refractivity contribution in [1.29, 1.82) is 0 Å². The fourth-order valence-electron chi connectivity index (χ4n) is 2.66. The lowest BCUT2D eigenvalue weighted by Gasteiger charge is -2.21. The van der Waals surface area contributed by atoms with Crippen molar-refractivity contribution in [2.24, 2.45) is 5.84 Å². The molecule has 7 heteroatoms. The second-order valence-electron chi connectivity index (χ2n) is 6.34. The molecule has 0 radical (unpaired) electrons. The molecule has 1 aliphatic carbocycles. The first-order valence-electron chi connectivity index (χ1n) is 8.57. The molecule has 1 aromatic carbocycles. The average Bonchev–Trinajstić information content (AvgIpc) is 2.65. The number of carbonyl (C=O) groups excluding carboxylic acids is 4. The summed E-state index contributed by atoms with van der Waals surface area (Å²) < 4.78 is 5.23. The van der Waals surface area contributed by atoms with Gasteiger partial charge in [0.2, 0.25) is 5.78 Å². The average molecular weight is 370 g/mol. The van der Waals surface area contributed by atoms with Crippen LogP contribution in [0.25, 0.3) is 0 Å². The van der Waals surface area contributed by atoms with Crippen LogP contribution in [-0.4, -0.2) is 29.4 Å². The Labute approximate surface area is 157 Å². The molecule has 1 atom stereocenters. The number of esters is 1. The molecule has 1 aliphatic rings. The SMILES string of the molecule is CCC(=O)C(NN)C(=O)OC1=C(CC=C(C)C)C(=O)c2ccccc2C1=O. The van der Waals surface area contributed by atoms with E-state index in [9.17, 15) is 19.2 Å². The predicted octanol–water partition coefficient (Wildman–Crippen LogP) is 2.03. The number of fused-ring (bicyclic) bond motifs is 1. The Hall–Kier alpha value is -2.90. The minimum absolute atomic E-state index is 0.0589. The van der Waals surface area contributed by atoms with Gasteiger partial charge in [-0.2, -0.15) is 0 Å². The number of nitrogens with one attached hydrogen (secondary N) is 1. The van der Waals surface area contributed by atoms with Crippen LogP contribution in [0.4, 0.5) is 0 Å². The van der Waals surface area contributed by atoms with Crippen LogP contribution in [-0.2, 0) is 14.3 Å². The molecule has 2 rings (SSSR count). The van der Waals surface area contributed by atoms with Crippen LogP contribution in [0, 0.1) is 0 Å². The highest BCUT2D eigenvalue weighted by atomic mass is 16.5. The number of carbonyl (C=O) groups is 4. The van der Waals surface area contributed by atoms with E-state index >= 15 is 0 Å². The number of hydrazine groups is 1. The van der Waals surface area contributed by atoms with Crippen molar-refractivity contribution in [3.05, 3.63) is 58.4 Å². The van der Waals surface area contributed by atoms with Gasteiger partial charge in [-0.1, -0.05) is 42.8 Å². The van der Waals surface area contributed by atoms with Crippen molar-refractivity contribution in [2.45, 2.75) is 39.7 Å². The van der Waals surface area contributed by atoms with Gasteiger partial charge in [0.1, 0.15) is 0 Å². The normalized spacial score (nSPS) is 14.5. The van der Waals surface area contributed by atoms with Crippen molar-refractivity contribution in [1.82, 2.24) is 5.43 Å². The minimum Gasteiger partial charge on any atom is -0.420 e. The summed E-state index contributed by atoms with van der Waals surface area (Å²) in [5.74, 6) is 2.46. The largest absolute Gasteiger partial charge is 0.420 e. The van der Waals surface area contributed by atoms with Gasteiger partial charge in [0.25, 0.3) is 0 Å². The van der Waals surface area contributed by atoms with Gasteiger partial charge >= 0.3 is 5.97 Å². The maximum atomic E-state index is 12.9. The van der Waals surface area contributed by atoms with E-state index in [-0.39, 0.29) is 41.1 Å². The van der Waals surface area contributed by atoms with Crippen molar-refractivity contribution in [3.63, 3.8) is 0 Å². The number of allylic oxidation sites excluding steroid dienone is 4. The van der Waals surface area contributed by atoms with Crippen LogP contribution < -0.4 is 11.3 Å². The van der Waals surface area contributed by atoms with Gasteiger partial charge in [0, 0.05) is 17.5 Å². The Kier molecular flexibility index (Phi) is 6.55. The third-order valence-corrected chi connectivity index (χ3v) is 4.16. The van der Waals surface area contributed by atoms with Crippen molar-refractivity contribution in [2.75, 3.05) is 0 Å². The lowest BCUT2D eigenvalue weighted by molar-refractivity contribution is -0.145. The Bertz CT molecular complexity index is 863. The van der Waals surface area contributed by atoms with E-state index in [1.165, 1.54) is 6.07 Å². The number of benzene rings is 1. The number of ketones is 3. The molecule has 0 spiro atoms. The van der Waals surface area contributed by atoms with E-state index in [1.54, 1.807) is 31.2 Å². The van der Waals surface area contributed by atoms with Crippen molar-refractivity contribution < 1.29 is 23.9 Å². The molecular formula is C20H22N2O5. The molecule has 0 aromatic heterocycles. The summed E-state index contributed by atoms with van der Waals surface area (Å²) in [4.78, 5) is 50.0. The third-order valence-electron chi connectivity index (χ3n) is 4.16. The lowest BCUT2D eigenvalue weighted by Crippen LogP contribution is -2.48. The first-order chi connectivity index (χ1) is 12.8. The number of rotatable bonds is 7. The zero-order valence-electron chi connectivity index (χ0n) is 15.5. The van der Waals surface area contributed by atoms with Crippen LogP contribution in [0.2, 0.25) is 0 Å². The first-order valence-corrected chi connectivity index (χ1v) is 8.57. The maximum Gasteiger partial charge on any atom is 0.337 e. The van der Waals surface area contributed by atoms with Crippen LogP contribution in [0.3, 0.4) is 0 Å². The van der Waals surface area contributed by atoms with Crippen molar-refractivity contribution >= 4 is 23.3 Å². The first kappa shape index (κ1) is 20.4. The fourth-order valence-corrected chi connectivity index (χ4v) is 2.66. The van der Waals surface area contributed by atoms with Gasteiger partial charge < -0.3 is 4.74 Å². The fraction of sp³-hybridized carbons (Fsp3) is 0.300. The summed E-state index contributed by atoms with van der Waals surface area (Å²) in [7, 11) is 0. The molecule has 27 heavy (non-hydrogen) atoms. The maximum absolute atomic E-state index is 12.9. The van der Waals surface area contributed by atoms with E-state index in [2.05, 4.69) is 5.43 Å². The van der Waals surface area contributed by atoms with Crippen LogP contribution >= 0.6 is 0 Å². The number of nitrogens with two attached hydrogens (primary N) is 1. The van der Waals surface area contributed by atoms with Crippen molar-refractivity contribution in [3.8, 4) is 0 Å². The Morgan fingerprint density at radius 3 is 2.26 bits per heavy atom. The second kappa shape index (κ2) is 8.66. The van der Waals surface area contributed by atoms with E-state index in [4.69, 9.17) is 10.6 Å². The Morgan fingerprint density at radius 2 is 1.74 bits per heavy atom. The molecule has 1 unspecified atom stereocenters. The molecule has 1 aromatic rings. The van der Waals surface area contributed by atoms with Gasteiger partial charge in [-0.15, -0.1) is 0 Å². The zero-order valence-corrected chi connectivity index (χ0v) is 15.5. The highest BCUT2D eigenvalue weighted by Crippen LogP contribution is 2.29. The lowest BCUT2D eigenvalue weighted by atomic mass is 9.86. The molecule has 0 saturated heterocycles. The summed E-state index contributed by atoms with van der Waals surface area (Å²) in [6.45, 7) is 5.28. The van der Waals surface area contributed by atoms with Gasteiger partial charge in [0.05, 0.1) is 5.57 Å². The van der Waals surface area contributed by atoms with Gasteiger partial charge in [0.15, 0.2) is 23.4 Å². The summed E-state index contributed by atoms with van der Waals surface area (Å²) in [6.07, 6.45) is 1.95. The molecule has 142 valence electrons.